The van der Waals surface area contributed by atoms with Crippen LogP contribution in [0.25, 0.3) is 0 Å². The fraction of sp³-hybridized carbons (Fsp3) is 0.846. The molecule has 0 spiro atoms. The molecule has 1 atom stereocenters. The number of carboxylic acid groups (broad SMARTS) is 1. The lowest BCUT2D eigenvalue weighted by Gasteiger charge is -2.30. The summed E-state index contributed by atoms with van der Waals surface area (Å²) in [6.07, 6.45) is 3.09. The third-order valence-electron chi connectivity index (χ3n) is 3.59. The molecule has 1 aliphatic heterocycles. The molecule has 2 fully saturated rings. The van der Waals surface area contributed by atoms with Gasteiger partial charge in [0.05, 0.1) is 5.88 Å². The Balaban J connectivity index is 2.00. The Kier molecular flexibility index (Phi) is 4.60. The predicted octanol–water partition coefficient (Wildman–Crippen LogP) is 2.08. The Labute approximate surface area is 118 Å². The molecule has 19 heavy (non-hydrogen) atoms. The van der Waals surface area contributed by atoms with E-state index >= 15 is 0 Å². The summed E-state index contributed by atoms with van der Waals surface area (Å²) in [5.41, 5.74) is 0. The number of carbonyl (C=O) groups is 2. The molecule has 5 nitrogen and oxygen atoms in total. The van der Waals surface area contributed by atoms with Gasteiger partial charge >= 0.3 is 12.0 Å². The Morgan fingerprint density at radius 2 is 2.11 bits per heavy atom. The maximum absolute atomic E-state index is 12.5. The zero-order valence-electron chi connectivity index (χ0n) is 11.5. The lowest BCUT2D eigenvalue weighted by Crippen LogP contribution is -2.49. The van der Waals surface area contributed by atoms with Gasteiger partial charge in [0.1, 0.15) is 6.04 Å². The summed E-state index contributed by atoms with van der Waals surface area (Å²) in [4.78, 5) is 27.1. The maximum atomic E-state index is 12.5. The Morgan fingerprint density at radius 3 is 2.63 bits per heavy atom. The molecule has 1 saturated heterocycles. The van der Waals surface area contributed by atoms with E-state index in [0.717, 1.165) is 25.8 Å². The molecule has 1 N–H and O–H groups in total. The largest absolute Gasteiger partial charge is 0.480 e. The number of hydrogen-bond acceptors (Lipinski definition) is 3. The highest BCUT2D eigenvalue weighted by Crippen LogP contribution is 2.31. The van der Waals surface area contributed by atoms with Gasteiger partial charge in [-0.1, -0.05) is 13.8 Å². The van der Waals surface area contributed by atoms with Crippen LogP contribution >= 0.6 is 11.8 Å². The first-order chi connectivity index (χ1) is 9.00. The summed E-state index contributed by atoms with van der Waals surface area (Å²) in [5.74, 6) is 0.667. The van der Waals surface area contributed by atoms with Crippen molar-refractivity contribution >= 4 is 23.8 Å². The van der Waals surface area contributed by atoms with Crippen molar-refractivity contribution in [2.24, 2.45) is 5.92 Å². The van der Waals surface area contributed by atoms with Crippen LogP contribution in [0.15, 0.2) is 0 Å². The predicted molar refractivity (Wildman–Crippen MR) is 75.2 cm³/mol. The second-order valence-electron chi connectivity index (χ2n) is 5.71. The minimum absolute atomic E-state index is 0.0828. The molecule has 2 aliphatic rings. The second-order valence-corrected chi connectivity index (χ2v) is 6.71. The van der Waals surface area contributed by atoms with Crippen molar-refractivity contribution in [2.45, 2.75) is 45.2 Å². The van der Waals surface area contributed by atoms with Gasteiger partial charge in [-0.15, -0.1) is 11.8 Å². The van der Waals surface area contributed by atoms with Crippen LogP contribution in [0, 0.1) is 5.92 Å². The second kappa shape index (κ2) is 6.03. The third kappa shape index (κ3) is 3.55. The standard InChI is InChI=1S/C13H22N2O3S/c1-9(2)5-6-14(10-3-4-10)13(18)15-8-19-7-11(15)12(16)17/h9-11H,3-8H2,1-2H3,(H,16,17). The zero-order chi connectivity index (χ0) is 14.0. The van der Waals surface area contributed by atoms with Crippen LogP contribution in [0.4, 0.5) is 4.79 Å². The normalized spacial score (nSPS) is 22.9. The summed E-state index contributed by atoms with van der Waals surface area (Å²) in [6.45, 7) is 5.03. The van der Waals surface area contributed by atoms with Gasteiger partial charge in [-0.25, -0.2) is 9.59 Å². The van der Waals surface area contributed by atoms with Gasteiger partial charge in [0, 0.05) is 18.3 Å². The summed E-state index contributed by atoms with van der Waals surface area (Å²) < 4.78 is 0. The number of carbonyl (C=O) groups excluding carboxylic acids is 1. The Bertz CT molecular complexity index is 358. The van der Waals surface area contributed by atoms with Gasteiger partial charge in [-0.3, -0.25) is 0 Å². The molecule has 0 aromatic carbocycles. The van der Waals surface area contributed by atoms with E-state index in [-0.39, 0.29) is 6.03 Å². The zero-order valence-corrected chi connectivity index (χ0v) is 12.4. The number of rotatable bonds is 5. The molecule has 108 valence electrons. The first kappa shape index (κ1) is 14.5. The monoisotopic (exact) mass is 286 g/mol. The molecule has 0 aromatic heterocycles. The molecule has 1 unspecified atom stereocenters. The van der Waals surface area contributed by atoms with E-state index in [1.54, 1.807) is 0 Å². The van der Waals surface area contributed by atoms with Crippen molar-refractivity contribution in [3.63, 3.8) is 0 Å². The van der Waals surface area contributed by atoms with Gasteiger partial charge < -0.3 is 14.9 Å². The van der Waals surface area contributed by atoms with Crippen molar-refractivity contribution < 1.29 is 14.7 Å². The first-order valence-electron chi connectivity index (χ1n) is 6.88. The number of amides is 2. The third-order valence-corrected chi connectivity index (χ3v) is 4.61. The first-order valence-corrected chi connectivity index (χ1v) is 8.04. The van der Waals surface area contributed by atoms with E-state index in [2.05, 4.69) is 13.8 Å². The average Bonchev–Trinajstić information content (AvgIpc) is 3.04. The lowest BCUT2D eigenvalue weighted by molar-refractivity contribution is -0.141. The van der Waals surface area contributed by atoms with Crippen LogP contribution in [0.5, 0.6) is 0 Å². The molecule has 6 heteroatoms. The molecular weight excluding hydrogens is 264 g/mol. The van der Waals surface area contributed by atoms with Crippen LogP contribution in [0.2, 0.25) is 0 Å². The van der Waals surface area contributed by atoms with Crippen LogP contribution < -0.4 is 0 Å². The molecule has 1 heterocycles. The van der Waals surface area contributed by atoms with Gasteiger partial charge in [-0.2, -0.15) is 0 Å². The van der Waals surface area contributed by atoms with E-state index in [4.69, 9.17) is 5.11 Å². The Hall–Kier alpha value is -0.910. The number of thioether (sulfide) groups is 1. The van der Waals surface area contributed by atoms with E-state index in [0.29, 0.717) is 23.6 Å². The van der Waals surface area contributed by atoms with Crippen molar-refractivity contribution in [3.05, 3.63) is 0 Å². The number of nitrogens with zero attached hydrogens (tertiary/aromatic N) is 2. The van der Waals surface area contributed by atoms with Gasteiger partial charge in [-0.05, 0) is 25.2 Å². The fourth-order valence-corrected chi connectivity index (χ4v) is 3.36. The molecule has 0 bridgehead atoms. The van der Waals surface area contributed by atoms with Gasteiger partial charge in [0.2, 0.25) is 0 Å². The quantitative estimate of drug-likeness (QED) is 0.840. The minimum atomic E-state index is -0.891. The summed E-state index contributed by atoms with van der Waals surface area (Å²) in [7, 11) is 0. The van der Waals surface area contributed by atoms with Crippen molar-refractivity contribution in [3.8, 4) is 0 Å². The highest BCUT2D eigenvalue weighted by atomic mass is 32.2. The SMILES string of the molecule is CC(C)CCN(C(=O)N1CSCC1C(=O)O)C1CC1. The summed E-state index contributed by atoms with van der Waals surface area (Å²) in [6, 6.07) is -0.398. The van der Waals surface area contributed by atoms with Crippen LogP contribution in [-0.4, -0.2) is 57.2 Å². The van der Waals surface area contributed by atoms with Crippen molar-refractivity contribution in [1.82, 2.24) is 9.80 Å². The smallest absolute Gasteiger partial charge is 0.327 e. The number of carboxylic acids is 1. The minimum Gasteiger partial charge on any atom is -0.480 e. The fourth-order valence-electron chi connectivity index (χ4n) is 2.22. The van der Waals surface area contributed by atoms with Gasteiger partial charge in [0.25, 0.3) is 0 Å². The molecule has 0 radical (unpaired) electrons. The average molecular weight is 286 g/mol. The molecule has 0 aromatic rings. The summed E-state index contributed by atoms with van der Waals surface area (Å²) >= 11 is 1.52. The molecule has 1 saturated carbocycles. The number of urea groups is 1. The molecule has 2 amide bonds. The lowest BCUT2D eigenvalue weighted by atomic mass is 10.1. The van der Waals surface area contributed by atoms with Crippen molar-refractivity contribution in [1.29, 1.82) is 0 Å². The van der Waals surface area contributed by atoms with E-state index in [1.807, 2.05) is 4.90 Å². The van der Waals surface area contributed by atoms with E-state index in [1.165, 1.54) is 16.7 Å². The van der Waals surface area contributed by atoms with Crippen LogP contribution in [0.3, 0.4) is 0 Å². The molecule has 1 aliphatic carbocycles. The van der Waals surface area contributed by atoms with Crippen LogP contribution in [-0.2, 0) is 4.79 Å². The Morgan fingerprint density at radius 1 is 1.42 bits per heavy atom. The maximum Gasteiger partial charge on any atom is 0.327 e. The number of hydrogen-bond donors (Lipinski definition) is 1. The number of aliphatic carboxylic acids is 1. The van der Waals surface area contributed by atoms with Crippen LogP contribution in [0.1, 0.15) is 33.1 Å². The highest BCUT2D eigenvalue weighted by Gasteiger charge is 2.40. The van der Waals surface area contributed by atoms with E-state index in [9.17, 15) is 9.59 Å². The van der Waals surface area contributed by atoms with Crippen molar-refractivity contribution in [2.75, 3.05) is 18.2 Å². The molecule has 2 rings (SSSR count). The van der Waals surface area contributed by atoms with E-state index < -0.39 is 12.0 Å². The molecular formula is C13H22N2O3S. The highest BCUT2D eigenvalue weighted by molar-refractivity contribution is 7.99. The van der Waals surface area contributed by atoms with Gasteiger partial charge in [0.15, 0.2) is 0 Å². The summed E-state index contributed by atoms with van der Waals surface area (Å²) in [5, 5.41) is 9.16. The topological polar surface area (TPSA) is 60.9 Å².